The molecule has 1 rings (SSSR count). The molecule has 0 spiro atoms. The maximum absolute atomic E-state index is 12.9. The van der Waals surface area contributed by atoms with Gasteiger partial charge in [0, 0.05) is 13.0 Å². The molecule has 0 unspecified atom stereocenters. The van der Waals surface area contributed by atoms with Gasteiger partial charge < -0.3 is 19.5 Å². The summed E-state index contributed by atoms with van der Waals surface area (Å²) in [6, 6.07) is 0. The summed E-state index contributed by atoms with van der Waals surface area (Å²) >= 11 is 0. The molecule has 0 aromatic carbocycles. The van der Waals surface area contributed by atoms with Gasteiger partial charge in [-0.05, 0) is 122 Å². The topological polar surface area (TPSA) is 76.1 Å². The van der Waals surface area contributed by atoms with Crippen LogP contribution < -0.4 is 0 Å². The van der Waals surface area contributed by atoms with Gasteiger partial charge in [0.2, 0.25) is 0 Å². The van der Waals surface area contributed by atoms with Gasteiger partial charge in [0.25, 0.3) is 0 Å². The van der Waals surface area contributed by atoms with Gasteiger partial charge in [0.1, 0.15) is 0 Å². The molecule has 326 valence electrons. The molecule has 0 radical (unpaired) electrons. The van der Waals surface area contributed by atoms with E-state index in [4.69, 9.17) is 9.47 Å². The van der Waals surface area contributed by atoms with Gasteiger partial charge in [-0.25, -0.2) is 0 Å². The molecule has 0 saturated heterocycles. The normalized spacial score (nSPS) is 13.9. The fourth-order valence-corrected chi connectivity index (χ4v) is 8.23. The average molecular weight is 778 g/mol. The molecule has 1 saturated carbocycles. The van der Waals surface area contributed by atoms with E-state index in [-0.39, 0.29) is 18.5 Å². The van der Waals surface area contributed by atoms with E-state index in [0.717, 1.165) is 71.0 Å². The zero-order chi connectivity index (χ0) is 40.3. The highest BCUT2D eigenvalue weighted by atomic mass is 16.5. The third-order valence-electron chi connectivity index (χ3n) is 12.6. The molecule has 1 aliphatic rings. The van der Waals surface area contributed by atoms with Crippen molar-refractivity contribution in [1.82, 2.24) is 4.90 Å². The van der Waals surface area contributed by atoms with Crippen molar-refractivity contribution >= 4 is 11.9 Å². The van der Waals surface area contributed by atoms with Crippen LogP contribution in [0.1, 0.15) is 247 Å². The van der Waals surface area contributed by atoms with Crippen LogP contribution in [-0.2, 0) is 19.1 Å². The quantitative estimate of drug-likeness (QED) is 0.0491. The van der Waals surface area contributed by atoms with Crippen LogP contribution in [-0.4, -0.2) is 61.4 Å². The Morgan fingerprint density at radius 3 is 1.65 bits per heavy atom. The number of rotatable bonds is 42. The minimum Gasteiger partial charge on any atom is -0.465 e. The van der Waals surface area contributed by atoms with Crippen LogP contribution in [0.15, 0.2) is 0 Å². The van der Waals surface area contributed by atoms with Crippen molar-refractivity contribution in [2.75, 3.05) is 39.5 Å². The Hall–Kier alpha value is -1.14. The van der Waals surface area contributed by atoms with Gasteiger partial charge in [-0.3, -0.25) is 9.59 Å². The molecule has 0 aromatic heterocycles. The first-order valence-corrected chi connectivity index (χ1v) is 24.4. The molecular formula is C49H95NO5. The van der Waals surface area contributed by atoms with E-state index in [1.54, 1.807) is 0 Å². The average Bonchev–Trinajstić information content (AvgIpc) is 3.95. The molecule has 0 aromatic rings. The Morgan fingerprint density at radius 2 is 1.09 bits per heavy atom. The van der Waals surface area contributed by atoms with Crippen molar-refractivity contribution < 1.29 is 24.2 Å². The molecule has 55 heavy (non-hydrogen) atoms. The van der Waals surface area contributed by atoms with Crippen LogP contribution in [0.4, 0.5) is 0 Å². The molecule has 0 bridgehead atoms. The van der Waals surface area contributed by atoms with Crippen LogP contribution in [0.3, 0.4) is 0 Å². The summed E-state index contributed by atoms with van der Waals surface area (Å²) in [7, 11) is 0. The number of ether oxygens (including phenoxy) is 2. The molecule has 1 aliphatic carbocycles. The Kier molecular flexibility index (Phi) is 32.9. The zero-order valence-corrected chi connectivity index (χ0v) is 37.7. The van der Waals surface area contributed by atoms with Crippen LogP contribution in [0, 0.1) is 16.7 Å². The van der Waals surface area contributed by atoms with Crippen molar-refractivity contribution in [2.24, 2.45) is 16.7 Å². The molecule has 1 fully saturated rings. The van der Waals surface area contributed by atoms with Gasteiger partial charge in [-0.1, -0.05) is 149 Å². The first kappa shape index (κ1) is 51.9. The number of carbonyl (C=O) groups is 2. The molecular weight excluding hydrogens is 683 g/mol. The van der Waals surface area contributed by atoms with Crippen LogP contribution in [0.2, 0.25) is 0 Å². The number of unbranched alkanes of at least 4 members (excludes halogenated alkanes) is 19. The van der Waals surface area contributed by atoms with Gasteiger partial charge in [-0.15, -0.1) is 0 Å². The third kappa shape index (κ3) is 29.7. The summed E-state index contributed by atoms with van der Waals surface area (Å²) in [5.41, 5.74) is -0.0208. The SMILES string of the molecule is CCCCCCCCCOC(=O)C(C)(C)CCCCCCN(CCCCO)CCCCC1(CCC(=O)OCC(CCCCCCC)CCCCCCC)CC1. The minimum absolute atomic E-state index is 0.0304. The van der Waals surface area contributed by atoms with E-state index in [9.17, 15) is 14.7 Å². The van der Waals surface area contributed by atoms with E-state index in [1.165, 1.54) is 154 Å². The summed E-state index contributed by atoms with van der Waals surface area (Å²) in [6.07, 6.45) is 39.4. The lowest BCUT2D eigenvalue weighted by Gasteiger charge is -2.24. The Balaban J connectivity index is 2.30. The van der Waals surface area contributed by atoms with Gasteiger partial charge in [0.15, 0.2) is 0 Å². The van der Waals surface area contributed by atoms with E-state index in [0.29, 0.717) is 31.0 Å². The lowest BCUT2D eigenvalue weighted by atomic mass is 9.87. The second-order valence-electron chi connectivity index (χ2n) is 18.5. The van der Waals surface area contributed by atoms with Crippen LogP contribution >= 0.6 is 0 Å². The van der Waals surface area contributed by atoms with Crippen molar-refractivity contribution in [3.05, 3.63) is 0 Å². The summed E-state index contributed by atoms with van der Waals surface area (Å²) < 4.78 is 11.6. The standard InChI is InChI=1S/C49H95NO5/c1-6-9-12-15-16-21-30-43-54-47(53)48(4,5)34-24-19-20-26-39-50(41-28-29-42-51)40-27-25-35-49(37-38-49)36-33-46(52)55-44-45(31-22-17-13-10-7-2)32-23-18-14-11-8-3/h45,51H,6-44H2,1-5H3. The number of nitrogens with zero attached hydrogens (tertiary/aromatic N) is 1. The van der Waals surface area contributed by atoms with Crippen molar-refractivity contribution in [3.63, 3.8) is 0 Å². The van der Waals surface area contributed by atoms with Crippen LogP contribution in [0.5, 0.6) is 0 Å². The molecule has 0 heterocycles. The second-order valence-corrected chi connectivity index (χ2v) is 18.5. The minimum atomic E-state index is -0.403. The van der Waals surface area contributed by atoms with Crippen LogP contribution in [0.25, 0.3) is 0 Å². The highest BCUT2D eigenvalue weighted by Gasteiger charge is 2.41. The molecule has 0 amide bonds. The highest BCUT2D eigenvalue weighted by Crippen LogP contribution is 2.53. The molecule has 0 atom stereocenters. The highest BCUT2D eigenvalue weighted by molar-refractivity contribution is 5.75. The van der Waals surface area contributed by atoms with Crippen molar-refractivity contribution in [3.8, 4) is 0 Å². The maximum Gasteiger partial charge on any atom is 0.311 e. The zero-order valence-electron chi connectivity index (χ0n) is 37.7. The predicted molar refractivity (Wildman–Crippen MR) is 235 cm³/mol. The first-order chi connectivity index (χ1) is 26.7. The van der Waals surface area contributed by atoms with E-state index < -0.39 is 5.41 Å². The molecule has 1 N–H and O–H groups in total. The number of esters is 2. The van der Waals surface area contributed by atoms with Crippen molar-refractivity contribution in [1.29, 1.82) is 0 Å². The van der Waals surface area contributed by atoms with E-state index >= 15 is 0 Å². The summed E-state index contributed by atoms with van der Waals surface area (Å²) in [5.74, 6) is 0.539. The van der Waals surface area contributed by atoms with Gasteiger partial charge >= 0.3 is 11.9 Å². The lowest BCUT2D eigenvalue weighted by molar-refractivity contribution is -0.154. The summed E-state index contributed by atoms with van der Waals surface area (Å²) in [6.45, 7) is 15.7. The number of aliphatic hydroxyl groups is 1. The Morgan fingerprint density at radius 1 is 0.600 bits per heavy atom. The third-order valence-corrected chi connectivity index (χ3v) is 12.6. The van der Waals surface area contributed by atoms with E-state index in [1.807, 2.05) is 13.8 Å². The summed E-state index contributed by atoms with van der Waals surface area (Å²) in [5, 5.41) is 9.36. The van der Waals surface area contributed by atoms with Gasteiger partial charge in [-0.2, -0.15) is 0 Å². The Bertz CT molecular complexity index is 873. The number of hydrogen-bond acceptors (Lipinski definition) is 6. The number of hydrogen-bond donors (Lipinski definition) is 1. The van der Waals surface area contributed by atoms with Gasteiger partial charge in [0.05, 0.1) is 18.6 Å². The first-order valence-electron chi connectivity index (χ1n) is 24.4. The fraction of sp³-hybridized carbons (Fsp3) is 0.959. The largest absolute Gasteiger partial charge is 0.465 e. The Labute approximate surface area is 342 Å². The number of aliphatic hydroxyl groups excluding tert-OH is 1. The smallest absolute Gasteiger partial charge is 0.311 e. The van der Waals surface area contributed by atoms with Crippen molar-refractivity contribution in [2.45, 2.75) is 247 Å². The number of carbonyl (C=O) groups excluding carboxylic acids is 2. The lowest BCUT2D eigenvalue weighted by Crippen LogP contribution is -2.28. The molecule has 6 nitrogen and oxygen atoms in total. The fourth-order valence-electron chi connectivity index (χ4n) is 8.23. The monoisotopic (exact) mass is 778 g/mol. The molecule has 0 aliphatic heterocycles. The predicted octanol–water partition coefficient (Wildman–Crippen LogP) is 13.9. The van der Waals surface area contributed by atoms with E-state index in [2.05, 4.69) is 25.7 Å². The second kappa shape index (κ2) is 34.9. The molecule has 6 heteroatoms. The maximum atomic E-state index is 12.9. The summed E-state index contributed by atoms with van der Waals surface area (Å²) in [4.78, 5) is 28.2.